The Balaban J connectivity index is 1.52. The maximum absolute atomic E-state index is 13.9. The van der Waals surface area contributed by atoms with Crippen molar-refractivity contribution in [2.75, 3.05) is 10.8 Å². The summed E-state index contributed by atoms with van der Waals surface area (Å²) in [6, 6.07) is 15.5. The van der Waals surface area contributed by atoms with Crippen molar-refractivity contribution in [1.29, 1.82) is 0 Å². The minimum Gasteiger partial charge on any atom is -0.444 e. The molecule has 1 aliphatic carbocycles. The molecule has 0 amide bonds. The molecule has 9 nitrogen and oxygen atoms in total. The molecule has 0 spiro atoms. The van der Waals surface area contributed by atoms with Gasteiger partial charge in [0.15, 0.2) is 17.9 Å². The summed E-state index contributed by atoms with van der Waals surface area (Å²) in [5.74, 6) is -0.240. The minimum atomic E-state index is -4.62. The van der Waals surface area contributed by atoms with Crippen molar-refractivity contribution in [3.05, 3.63) is 107 Å². The first-order chi connectivity index (χ1) is 19.9. The average molecular weight is 600 g/mol. The Kier molecular flexibility index (Phi) is 7.62. The molecule has 1 fully saturated rings. The molecule has 0 unspecified atom stereocenters. The Hall–Kier alpha value is -4.52. The largest absolute Gasteiger partial charge is 0.444 e. The van der Waals surface area contributed by atoms with Crippen LogP contribution in [0.2, 0.25) is 0 Å². The zero-order chi connectivity index (χ0) is 30.1. The summed E-state index contributed by atoms with van der Waals surface area (Å²) in [7, 11) is -4.45. The van der Waals surface area contributed by atoms with Crippen LogP contribution >= 0.6 is 0 Å². The molecule has 42 heavy (non-hydrogen) atoms. The molecule has 218 valence electrons. The molecule has 1 saturated carbocycles. The number of carbonyl (C=O) groups is 1. The number of oxazole rings is 1. The Bertz CT molecular complexity index is 1720. The Morgan fingerprint density at radius 1 is 1.05 bits per heavy atom. The van der Waals surface area contributed by atoms with E-state index in [1.54, 1.807) is 12.1 Å². The lowest BCUT2D eigenvalue weighted by atomic mass is 9.61. The van der Waals surface area contributed by atoms with Gasteiger partial charge in [-0.15, -0.1) is 0 Å². The van der Waals surface area contributed by atoms with Crippen LogP contribution in [0.1, 0.15) is 36.8 Å². The van der Waals surface area contributed by atoms with Crippen molar-refractivity contribution in [2.45, 2.75) is 42.2 Å². The van der Waals surface area contributed by atoms with Gasteiger partial charge in [0.05, 0.1) is 33.8 Å². The second-order valence-corrected chi connectivity index (χ2v) is 11.9. The van der Waals surface area contributed by atoms with E-state index in [2.05, 4.69) is 4.98 Å². The molecule has 0 aliphatic heterocycles. The quantitative estimate of drug-likeness (QED) is 0.150. The number of nitro groups is 1. The second kappa shape index (κ2) is 11.0. The Labute approximate surface area is 238 Å². The van der Waals surface area contributed by atoms with Gasteiger partial charge < -0.3 is 4.42 Å². The number of halogens is 3. The van der Waals surface area contributed by atoms with E-state index in [0.717, 1.165) is 34.6 Å². The summed E-state index contributed by atoms with van der Waals surface area (Å²) in [6.45, 7) is -0.672. The number of non-ortho nitro benzene ring substituents is 1. The minimum absolute atomic E-state index is 0.0224. The van der Waals surface area contributed by atoms with Crippen LogP contribution in [0.15, 0.2) is 94.7 Å². The zero-order valence-electron chi connectivity index (χ0n) is 22.0. The van der Waals surface area contributed by atoms with Crippen LogP contribution in [0.4, 0.5) is 24.5 Å². The monoisotopic (exact) mass is 599 g/mol. The fourth-order valence-corrected chi connectivity index (χ4v) is 6.73. The maximum Gasteiger partial charge on any atom is 0.416 e. The summed E-state index contributed by atoms with van der Waals surface area (Å²) in [4.78, 5) is 27.6. The van der Waals surface area contributed by atoms with E-state index in [1.165, 1.54) is 42.9 Å². The van der Waals surface area contributed by atoms with E-state index >= 15 is 0 Å². The molecule has 5 rings (SSSR count). The molecule has 0 atom stereocenters. The highest BCUT2D eigenvalue weighted by atomic mass is 32.2. The van der Waals surface area contributed by atoms with Gasteiger partial charge in [-0.05, 0) is 48.7 Å². The molecular weight excluding hydrogens is 575 g/mol. The number of ketones is 1. The second-order valence-electron chi connectivity index (χ2n) is 10.1. The summed E-state index contributed by atoms with van der Waals surface area (Å²) < 4.78 is 75.5. The molecule has 0 saturated heterocycles. The van der Waals surface area contributed by atoms with Gasteiger partial charge in [-0.3, -0.25) is 19.2 Å². The summed E-state index contributed by atoms with van der Waals surface area (Å²) in [5.41, 5.74) is -1.63. The smallest absolute Gasteiger partial charge is 0.416 e. The van der Waals surface area contributed by atoms with Crippen molar-refractivity contribution < 1.29 is 35.7 Å². The number of sulfonamides is 1. The van der Waals surface area contributed by atoms with E-state index in [9.17, 15) is 36.5 Å². The summed E-state index contributed by atoms with van der Waals surface area (Å²) in [5, 5.41) is 11.1. The van der Waals surface area contributed by atoms with Crippen molar-refractivity contribution >= 4 is 27.2 Å². The number of benzene rings is 3. The number of anilines is 1. The standard InChI is InChI=1S/C29H24F3N3O6S/c30-29(31,32)26-8-2-1-7-25(26)28(13-4-14-28)16-23(36)18-34(22-6-3-5-20(15-22)27-17-33-19-41-27)42(39,40)24-11-9-21(10-12-24)35(37)38/h1-3,5-12,15,17,19H,4,13-14,16,18H2. The van der Waals surface area contributed by atoms with Crippen LogP contribution < -0.4 is 4.31 Å². The van der Waals surface area contributed by atoms with Gasteiger partial charge in [-0.2, -0.15) is 13.2 Å². The number of aromatic nitrogens is 1. The lowest BCUT2D eigenvalue weighted by molar-refractivity contribution is -0.384. The van der Waals surface area contributed by atoms with Gasteiger partial charge in [-0.1, -0.05) is 36.8 Å². The van der Waals surface area contributed by atoms with Crippen LogP contribution in [0, 0.1) is 10.1 Å². The van der Waals surface area contributed by atoms with Crippen LogP contribution in [-0.4, -0.2) is 30.7 Å². The normalized spacial score (nSPS) is 14.6. The molecule has 0 N–H and O–H groups in total. The zero-order valence-corrected chi connectivity index (χ0v) is 22.8. The van der Waals surface area contributed by atoms with E-state index in [4.69, 9.17) is 4.42 Å². The number of hydrogen-bond donors (Lipinski definition) is 0. The van der Waals surface area contributed by atoms with Gasteiger partial charge in [0.1, 0.15) is 0 Å². The predicted molar refractivity (Wildman–Crippen MR) is 146 cm³/mol. The molecule has 13 heteroatoms. The van der Waals surface area contributed by atoms with Crippen LogP contribution in [-0.2, 0) is 26.4 Å². The molecule has 1 heterocycles. The number of alkyl halides is 3. The van der Waals surface area contributed by atoms with Crippen LogP contribution in [0.25, 0.3) is 11.3 Å². The first-order valence-electron chi connectivity index (χ1n) is 12.9. The highest BCUT2D eigenvalue weighted by molar-refractivity contribution is 7.92. The highest BCUT2D eigenvalue weighted by Crippen LogP contribution is 2.50. The van der Waals surface area contributed by atoms with E-state index in [-0.39, 0.29) is 28.3 Å². The molecular formula is C29H24F3N3O6S. The van der Waals surface area contributed by atoms with Crippen molar-refractivity contribution in [3.8, 4) is 11.3 Å². The number of nitro benzene ring substituents is 1. The maximum atomic E-state index is 13.9. The first kappa shape index (κ1) is 29.0. The van der Waals surface area contributed by atoms with Crippen LogP contribution in [0.5, 0.6) is 0 Å². The molecule has 1 aliphatic rings. The predicted octanol–water partition coefficient (Wildman–Crippen LogP) is 6.55. The van der Waals surface area contributed by atoms with Crippen molar-refractivity contribution in [3.63, 3.8) is 0 Å². The lowest BCUT2D eigenvalue weighted by Gasteiger charge is -2.43. The van der Waals surface area contributed by atoms with Gasteiger partial charge in [0.2, 0.25) is 0 Å². The fourth-order valence-electron chi connectivity index (χ4n) is 5.29. The third-order valence-corrected chi connectivity index (χ3v) is 9.24. The molecule has 0 radical (unpaired) electrons. The van der Waals surface area contributed by atoms with Crippen molar-refractivity contribution in [2.24, 2.45) is 0 Å². The first-order valence-corrected chi connectivity index (χ1v) is 14.3. The van der Waals surface area contributed by atoms with Gasteiger partial charge in [0, 0.05) is 29.5 Å². The van der Waals surface area contributed by atoms with E-state index < -0.39 is 44.4 Å². The van der Waals surface area contributed by atoms with Gasteiger partial charge in [0.25, 0.3) is 15.7 Å². The number of Topliss-reactive ketones (excluding diaryl/α,β-unsaturated/α-hetero) is 1. The molecule has 3 aromatic carbocycles. The fraction of sp³-hybridized carbons (Fsp3) is 0.241. The summed E-state index contributed by atoms with van der Waals surface area (Å²) >= 11 is 0. The Morgan fingerprint density at radius 2 is 1.76 bits per heavy atom. The van der Waals surface area contributed by atoms with Gasteiger partial charge in [-0.25, -0.2) is 13.4 Å². The number of nitrogens with zero attached hydrogens (tertiary/aromatic N) is 3. The number of rotatable bonds is 10. The van der Waals surface area contributed by atoms with E-state index in [1.807, 2.05) is 0 Å². The third-order valence-electron chi connectivity index (χ3n) is 7.46. The molecule has 0 bridgehead atoms. The lowest BCUT2D eigenvalue weighted by Crippen LogP contribution is -2.42. The Morgan fingerprint density at radius 3 is 2.36 bits per heavy atom. The number of carbonyl (C=O) groups excluding carboxylic acids is 1. The topological polar surface area (TPSA) is 124 Å². The van der Waals surface area contributed by atoms with Crippen molar-refractivity contribution in [1.82, 2.24) is 4.98 Å². The highest BCUT2D eigenvalue weighted by Gasteiger charge is 2.46. The van der Waals surface area contributed by atoms with E-state index in [0.29, 0.717) is 30.6 Å². The van der Waals surface area contributed by atoms with Gasteiger partial charge >= 0.3 is 6.18 Å². The SMILES string of the molecule is O=C(CN(c1cccc(-c2cnco2)c1)S(=O)(=O)c1ccc([N+](=O)[O-])cc1)CC1(c2ccccc2C(F)(F)F)CCC1. The third kappa shape index (κ3) is 5.64. The summed E-state index contributed by atoms with van der Waals surface area (Å²) in [6.07, 6.45) is -0.957. The van der Waals surface area contributed by atoms with Crippen LogP contribution in [0.3, 0.4) is 0 Å². The average Bonchev–Trinajstić information content (AvgIpc) is 3.49. The number of hydrogen-bond acceptors (Lipinski definition) is 7. The molecule has 4 aromatic rings. The molecule has 1 aromatic heterocycles.